The van der Waals surface area contributed by atoms with Gasteiger partial charge in [0.05, 0.1) is 0 Å². The SMILES string of the molecule is COC(O)N(CCCl)Cc1ccccc1. The van der Waals surface area contributed by atoms with Crippen molar-refractivity contribution in [2.45, 2.75) is 13.0 Å². The van der Waals surface area contributed by atoms with E-state index in [0.717, 1.165) is 5.56 Å². The van der Waals surface area contributed by atoms with Crippen molar-refractivity contribution >= 4 is 11.6 Å². The molecular weight excluding hydrogens is 214 g/mol. The third-order valence-corrected chi connectivity index (χ3v) is 2.29. The Labute approximate surface area is 95.2 Å². The van der Waals surface area contributed by atoms with E-state index < -0.39 is 6.41 Å². The van der Waals surface area contributed by atoms with Gasteiger partial charge in [0.15, 0.2) is 0 Å². The largest absolute Gasteiger partial charge is 0.356 e. The van der Waals surface area contributed by atoms with Crippen molar-refractivity contribution in [1.29, 1.82) is 0 Å². The molecule has 0 amide bonds. The first-order valence-electron chi connectivity index (χ1n) is 4.82. The second kappa shape index (κ2) is 6.80. The molecule has 1 rings (SSSR count). The Bertz CT molecular complexity index is 269. The first kappa shape index (κ1) is 12.5. The van der Waals surface area contributed by atoms with Crippen molar-refractivity contribution in [3.8, 4) is 0 Å². The van der Waals surface area contributed by atoms with E-state index in [9.17, 15) is 5.11 Å². The van der Waals surface area contributed by atoms with Crippen molar-refractivity contribution in [2.75, 3.05) is 19.5 Å². The molecular formula is C11H16ClNO2. The number of aliphatic hydroxyl groups is 1. The Kier molecular flexibility index (Phi) is 5.65. The molecule has 1 unspecified atom stereocenters. The standard InChI is InChI=1S/C11H16ClNO2/c1-15-11(14)13(8-7-12)9-10-5-3-2-4-6-10/h2-6,11,14H,7-9H2,1H3. The van der Waals surface area contributed by atoms with E-state index >= 15 is 0 Å². The summed E-state index contributed by atoms with van der Waals surface area (Å²) < 4.78 is 4.86. The molecule has 3 nitrogen and oxygen atoms in total. The summed E-state index contributed by atoms with van der Waals surface area (Å²) in [5.74, 6) is 0.466. The van der Waals surface area contributed by atoms with Crippen molar-refractivity contribution in [1.82, 2.24) is 4.90 Å². The van der Waals surface area contributed by atoms with Gasteiger partial charge in [0.25, 0.3) is 0 Å². The molecule has 0 aromatic heterocycles. The van der Waals surface area contributed by atoms with E-state index in [1.54, 1.807) is 4.90 Å². The van der Waals surface area contributed by atoms with Crippen LogP contribution in [0, 0.1) is 0 Å². The van der Waals surface area contributed by atoms with Crippen LogP contribution >= 0.6 is 11.6 Å². The predicted molar refractivity (Wildman–Crippen MR) is 60.6 cm³/mol. The Morgan fingerprint density at radius 2 is 2.07 bits per heavy atom. The highest BCUT2D eigenvalue weighted by molar-refractivity contribution is 6.18. The van der Waals surface area contributed by atoms with Crippen molar-refractivity contribution in [3.63, 3.8) is 0 Å². The number of rotatable bonds is 6. The number of methoxy groups -OCH3 is 1. The van der Waals surface area contributed by atoms with Gasteiger partial charge in [-0.25, -0.2) is 4.90 Å². The summed E-state index contributed by atoms with van der Waals surface area (Å²) in [6, 6.07) is 9.90. The van der Waals surface area contributed by atoms with Crippen LogP contribution in [0.4, 0.5) is 0 Å². The smallest absolute Gasteiger partial charge is 0.216 e. The highest BCUT2D eigenvalue weighted by atomic mass is 35.5. The number of alkyl halides is 1. The van der Waals surface area contributed by atoms with Gasteiger partial charge >= 0.3 is 0 Å². The number of hydrogen-bond acceptors (Lipinski definition) is 3. The van der Waals surface area contributed by atoms with Gasteiger partial charge in [-0.2, -0.15) is 0 Å². The molecule has 0 saturated carbocycles. The van der Waals surface area contributed by atoms with Gasteiger partial charge in [-0.05, 0) is 5.56 Å². The molecule has 4 heteroatoms. The van der Waals surface area contributed by atoms with Crippen LogP contribution in [0.2, 0.25) is 0 Å². The van der Waals surface area contributed by atoms with Crippen molar-refractivity contribution in [2.24, 2.45) is 0 Å². The van der Waals surface area contributed by atoms with Gasteiger partial charge in [0, 0.05) is 26.1 Å². The molecule has 84 valence electrons. The van der Waals surface area contributed by atoms with Crippen molar-refractivity contribution < 1.29 is 9.84 Å². The van der Waals surface area contributed by atoms with Gasteiger partial charge in [-0.3, -0.25) is 0 Å². The lowest BCUT2D eigenvalue weighted by molar-refractivity contribution is -0.178. The third-order valence-electron chi connectivity index (χ3n) is 2.12. The molecule has 0 aliphatic carbocycles. The Hall–Kier alpha value is -0.610. The molecule has 1 atom stereocenters. The number of halogens is 1. The van der Waals surface area contributed by atoms with Crippen LogP contribution in [0.3, 0.4) is 0 Å². The fourth-order valence-electron chi connectivity index (χ4n) is 1.34. The zero-order chi connectivity index (χ0) is 11.1. The summed E-state index contributed by atoms with van der Waals surface area (Å²) in [4.78, 5) is 1.77. The maximum absolute atomic E-state index is 9.56. The number of aliphatic hydroxyl groups excluding tert-OH is 1. The highest BCUT2D eigenvalue weighted by Gasteiger charge is 2.13. The summed E-state index contributed by atoms with van der Waals surface area (Å²) in [5.41, 5.74) is 1.12. The Morgan fingerprint density at radius 3 is 2.60 bits per heavy atom. The molecule has 1 aromatic carbocycles. The van der Waals surface area contributed by atoms with Crippen LogP contribution in [-0.4, -0.2) is 36.0 Å². The predicted octanol–water partition coefficient (Wildman–Crippen LogP) is 1.65. The lowest BCUT2D eigenvalue weighted by Crippen LogP contribution is -2.37. The van der Waals surface area contributed by atoms with E-state index in [0.29, 0.717) is 19.0 Å². The molecule has 0 spiro atoms. The van der Waals surface area contributed by atoms with E-state index in [1.807, 2.05) is 30.3 Å². The fourth-order valence-corrected chi connectivity index (χ4v) is 1.56. The van der Waals surface area contributed by atoms with Crippen LogP contribution < -0.4 is 0 Å². The van der Waals surface area contributed by atoms with Crippen LogP contribution in [0.25, 0.3) is 0 Å². The zero-order valence-corrected chi connectivity index (χ0v) is 9.52. The molecule has 0 heterocycles. The second-order valence-electron chi connectivity index (χ2n) is 3.21. The maximum atomic E-state index is 9.56. The lowest BCUT2D eigenvalue weighted by Gasteiger charge is -2.25. The molecule has 0 aliphatic heterocycles. The molecule has 15 heavy (non-hydrogen) atoms. The number of hydrogen-bond donors (Lipinski definition) is 1. The van der Waals surface area contributed by atoms with E-state index in [2.05, 4.69) is 0 Å². The summed E-state index contributed by atoms with van der Waals surface area (Å²) >= 11 is 5.66. The summed E-state index contributed by atoms with van der Waals surface area (Å²) in [6.07, 6.45) is -0.899. The van der Waals surface area contributed by atoms with E-state index in [-0.39, 0.29) is 0 Å². The average Bonchev–Trinajstić information content (AvgIpc) is 2.29. The van der Waals surface area contributed by atoms with Crippen LogP contribution in [0.1, 0.15) is 5.56 Å². The number of benzene rings is 1. The first-order chi connectivity index (χ1) is 7.27. The topological polar surface area (TPSA) is 32.7 Å². The quantitative estimate of drug-likeness (QED) is 0.595. The Balaban J connectivity index is 2.58. The minimum atomic E-state index is -0.899. The van der Waals surface area contributed by atoms with E-state index in [1.165, 1.54) is 7.11 Å². The summed E-state index contributed by atoms with van der Waals surface area (Å²) in [7, 11) is 1.47. The molecule has 0 bridgehead atoms. The summed E-state index contributed by atoms with van der Waals surface area (Å²) in [6.45, 7) is 1.22. The zero-order valence-electron chi connectivity index (χ0n) is 8.77. The lowest BCUT2D eigenvalue weighted by atomic mass is 10.2. The van der Waals surface area contributed by atoms with Crippen LogP contribution in [0.5, 0.6) is 0 Å². The van der Waals surface area contributed by atoms with Gasteiger partial charge in [0.2, 0.25) is 6.41 Å². The summed E-state index contributed by atoms with van der Waals surface area (Å²) in [5, 5.41) is 9.56. The third kappa shape index (κ3) is 4.18. The molecule has 1 aromatic rings. The van der Waals surface area contributed by atoms with Crippen LogP contribution in [-0.2, 0) is 11.3 Å². The monoisotopic (exact) mass is 229 g/mol. The molecule has 0 saturated heterocycles. The highest BCUT2D eigenvalue weighted by Crippen LogP contribution is 2.07. The first-order valence-corrected chi connectivity index (χ1v) is 5.36. The minimum Gasteiger partial charge on any atom is -0.356 e. The van der Waals surface area contributed by atoms with Gasteiger partial charge in [-0.1, -0.05) is 30.3 Å². The fraction of sp³-hybridized carbons (Fsp3) is 0.455. The van der Waals surface area contributed by atoms with Gasteiger partial charge in [-0.15, -0.1) is 11.6 Å². The second-order valence-corrected chi connectivity index (χ2v) is 3.59. The molecule has 1 N–H and O–H groups in total. The molecule has 0 fully saturated rings. The molecule has 0 aliphatic rings. The number of ether oxygens (including phenoxy) is 1. The van der Waals surface area contributed by atoms with E-state index in [4.69, 9.17) is 16.3 Å². The normalized spacial score (nSPS) is 13.1. The Morgan fingerprint density at radius 1 is 1.40 bits per heavy atom. The average molecular weight is 230 g/mol. The van der Waals surface area contributed by atoms with Crippen LogP contribution in [0.15, 0.2) is 30.3 Å². The minimum absolute atomic E-state index is 0.466. The van der Waals surface area contributed by atoms with Crippen molar-refractivity contribution in [3.05, 3.63) is 35.9 Å². The van der Waals surface area contributed by atoms with Gasteiger partial charge in [0.1, 0.15) is 0 Å². The maximum Gasteiger partial charge on any atom is 0.216 e. The van der Waals surface area contributed by atoms with Gasteiger partial charge < -0.3 is 9.84 Å². The molecule has 0 radical (unpaired) electrons. The number of nitrogens with zero attached hydrogens (tertiary/aromatic N) is 1.